The topological polar surface area (TPSA) is 84.7 Å². The number of ether oxygens (including phenoxy) is 1. The molecule has 1 aliphatic carbocycles. The fourth-order valence-corrected chi connectivity index (χ4v) is 4.48. The van der Waals surface area contributed by atoms with E-state index in [1.54, 1.807) is 0 Å². The summed E-state index contributed by atoms with van der Waals surface area (Å²) in [6.45, 7) is 2.26. The van der Waals surface area contributed by atoms with Gasteiger partial charge >= 0.3 is 6.03 Å². The van der Waals surface area contributed by atoms with Crippen LogP contribution in [-0.2, 0) is 11.2 Å². The predicted octanol–water partition coefficient (Wildman–Crippen LogP) is 2.57. The summed E-state index contributed by atoms with van der Waals surface area (Å²) in [5.74, 6) is 0.642. The van der Waals surface area contributed by atoms with Crippen LogP contribution in [-0.4, -0.2) is 48.6 Å². The highest BCUT2D eigenvalue weighted by Crippen LogP contribution is 2.29. The Labute approximate surface area is 154 Å². The lowest BCUT2D eigenvalue weighted by atomic mass is 9.85. The van der Waals surface area contributed by atoms with Crippen LogP contribution in [0.1, 0.15) is 48.0 Å². The maximum absolute atomic E-state index is 12.6. The van der Waals surface area contributed by atoms with Gasteiger partial charge in [-0.15, -0.1) is 0 Å². The van der Waals surface area contributed by atoms with Crippen LogP contribution in [0.2, 0.25) is 0 Å². The number of amides is 2. The van der Waals surface area contributed by atoms with E-state index in [1.807, 2.05) is 23.1 Å². The summed E-state index contributed by atoms with van der Waals surface area (Å²) >= 11 is 0. The predicted molar refractivity (Wildman–Crippen MR) is 99.4 cm³/mol. The maximum Gasteiger partial charge on any atom is 0.321 e. The van der Waals surface area contributed by atoms with Crippen LogP contribution in [0.25, 0.3) is 0 Å². The first-order valence-electron chi connectivity index (χ1n) is 9.71. The molecule has 26 heavy (non-hydrogen) atoms. The number of fused-ring (bicyclic) bond motifs is 1. The standard InChI is InChI=1S/C20H27N3O3/c21-17-2-1-11-26-19(17)13-7-9-23(10-8-13)20(25)22-15-4-5-16-14(12-15)3-6-18(16)24/h4-5,12-13,17,19H,1-3,6-11,21H2,(H,22,25). The van der Waals surface area contributed by atoms with Crippen LogP contribution in [0, 0.1) is 5.92 Å². The lowest BCUT2D eigenvalue weighted by molar-refractivity contribution is -0.0468. The fourth-order valence-electron chi connectivity index (χ4n) is 4.48. The normalized spacial score (nSPS) is 26.7. The van der Waals surface area contributed by atoms with Gasteiger partial charge in [-0.2, -0.15) is 0 Å². The fraction of sp³-hybridized carbons (Fsp3) is 0.600. The van der Waals surface area contributed by atoms with E-state index < -0.39 is 0 Å². The quantitative estimate of drug-likeness (QED) is 0.852. The largest absolute Gasteiger partial charge is 0.376 e. The number of nitrogens with zero attached hydrogens (tertiary/aromatic N) is 1. The Kier molecular flexibility index (Phi) is 4.96. The average molecular weight is 357 g/mol. The highest BCUT2D eigenvalue weighted by Gasteiger charge is 2.34. The van der Waals surface area contributed by atoms with Crippen LogP contribution < -0.4 is 11.1 Å². The molecule has 3 aliphatic rings. The Morgan fingerprint density at radius 2 is 2.00 bits per heavy atom. The Bertz CT molecular complexity index is 698. The zero-order valence-corrected chi connectivity index (χ0v) is 15.1. The zero-order chi connectivity index (χ0) is 18.1. The van der Waals surface area contributed by atoms with Crippen molar-refractivity contribution in [2.24, 2.45) is 11.7 Å². The van der Waals surface area contributed by atoms with Gasteiger partial charge in [0, 0.05) is 43.4 Å². The van der Waals surface area contributed by atoms with E-state index >= 15 is 0 Å². The second kappa shape index (κ2) is 7.37. The van der Waals surface area contributed by atoms with Crippen LogP contribution in [0.4, 0.5) is 10.5 Å². The molecule has 2 aliphatic heterocycles. The van der Waals surface area contributed by atoms with Crippen molar-refractivity contribution in [3.05, 3.63) is 29.3 Å². The van der Waals surface area contributed by atoms with E-state index in [0.717, 1.165) is 68.6 Å². The number of likely N-dealkylation sites (tertiary alicyclic amines) is 1. The minimum Gasteiger partial charge on any atom is -0.376 e. The number of aryl methyl sites for hydroxylation is 1. The van der Waals surface area contributed by atoms with E-state index in [1.165, 1.54) is 0 Å². The van der Waals surface area contributed by atoms with E-state index in [2.05, 4.69) is 5.32 Å². The van der Waals surface area contributed by atoms with Gasteiger partial charge in [0.15, 0.2) is 5.78 Å². The molecule has 1 aromatic rings. The molecule has 2 saturated heterocycles. The first-order chi connectivity index (χ1) is 12.6. The van der Waals surface area contributed by atoms with Gasteiger partial charge in [-0.3, -0.25) is 4.79 Å². The molecule has 2 heterocycles. The summed E-state index contributed by atoms with van der Waals surface area (Å²) in [6.07, 6.45) is 5.44. The molecule has 2 unspecified atom stereocenters. The summed E-state index contributed by atoms with van der Waals surface area (Å²) in [6, 6.07) is 5.64. The molecule has 0 bridgehead atoms. The third kappa shape index (κ3) is 3.48. The summed E-state index contributed by atoms with van der Waals surface area (Å²) in [7, 11) is 0. The number of carbonyl (C=O) groups excluding carboxylic acids is 2. The SMILES string of the molecule is NC1CCCOC1C1CCN(C(=O)Nc2ccc3c(c2)CCC3=O)CC1. The number of hydrogen-bond donors (Lipinski definition) is 2. The number of nitrogens with two attached hydrogens (primary N) is 1. The maximum atomic E-state index is 12.6. The molecule has 0 radical (unpaired) electrons. The van der Waals surface area contributed by atoms with Gasteiger partial charge < -0.3 is 20.7 Å². The molecule has 1 aromatic carbocycles. The summed E-state index contributed by atoms with van der Waals surface area (Å²) in [5.41, 5.74) is 8.82. The van der Waals surface area contributed by atoms with Crippen LogP contribution in [0.5, 0.6) is 0 Å². The molecule has 3 N–H and O–H groups in total. The van der Waals surface area contributed by atoms with E-state index in [0.29, 0.717) is 12.3 Å². The first-order valence-corrected chi connectivity index (χ1v) is 9.71. The van der Waals surface area contributed by atoms with Crippen molar-refractivity contribution in [1.29, 1.82) is 0 Å². The highest BCUT2D eigenvalue weighted by molar-refractivity contribution is 6.01. The van der Waals surface area contributed by atoms with Gasteiger partial charge in [-0.1, -0.05) is 0 Å². The highest BCUT2D eigenvalue weighted by atomic mass is 16.5. The molecule has 6 heteroatoms. The zero-order valence-electron chi connectivity index (χ0n) is 15.1. The number of ketones is 1. The Morgan fingerprint density at radius 3 is 2.77 bits per heavy atom. The molecule has 0 spiro atoms. The molecular formula is C20H27N3O3. The van der Waals surface area contributed by atoms with Crippen LogP contribution >= 0.6 is 0 Å². The molecular weight excluding hydrogens is 330 g/mol. The van der Waals surface area contributed by atoms with E-state index in [9.17, 15) is 9.59 Å². The third-order valence-electron chi connectivity index (χ3n) is 5.98. The van der Waals surface area contributed by atoms with Crippen molar-refractivity contribution in [2.45, 2.75) is 50.7 Å². The molecule has 6 nitrogen and oxygen atoms in total. The minimum absolute atomic E-state index is 0.0680. The number of hydrogen-bond acceptors (Lipinski definition) is 4. The van der Waals surface area contributed by atoms with Gasteiger partial charge in [0.25, 0.3) is 0 Å². The molecule has 0 saturated carbocycles. The summed E-state index contributed by atoms with van der Waals surface area (Å²) in [4.78, 5) is 26.2. The number of rotatable bonds is 2. The second-order valence-corrected chi connectivity index (χ2v) is 7.69. The van der Waals surface area contributed by atoms with E-state index in [4.69, 9.17) is 10.5 Å². The number of carbonyl (C=O) groups is 2. The Balaban J connectivity index is 1.32. The molecule has 0 aromatic heterocycles. The van der Waals surface area contributed by atoms with Crippen molar-refractivity contribution < 1.29 is 14.3 Å². The Morgan fingerprint density at radius 1 is 1.19 bits per heavy atom. The minimum atomic E-state index is -0.0680. The number of piperidine rings is 1. The van der Waals surface area contributed by atoms with Gasteiger partial charge in [-0.25, -0.2) is 4.79 Å². The van der Waals surface area contributed by atoms with Crippen molar-refractivity contribution in [1.82, 2.24) is 4.90 Å². The lowest BCUT2D eigenvalue weighted by Crippen LogP contribution is -2.50. The molecule has 2 atom stereocenters. The van der Waals surface area contributed by atoms with Gasteiger partial charge in [0.2, 0.25) is 0 Å². The number of anilines is 1. The third-order valence-corrected chi connectivity index (χ3v) is 5.98. The average Bonchev–Trinajstić information content (AvgIpc) is 3.03. The van der Waals surface area contributed by atoms with Gasteiger partial charge in [0.1, 0.15) is 0 Å². The first kappa shape index (κ1) is 17.5. The number of urea groups is 1. The van der Waals surface area contributed by atoms with Crippen molar-refractivity contribution in [3.63, 3.8) is 0 Å². The van der Waals surface area contributed by atoms with Crippen LogP contribution in [0.3, 0.4) is 0 Å². The molecule has 4 rings (SSSR count). The number of nitrogens with one attached hydrogen (secondary N) is 1. The lowest BCUT2D eigenvalue weighted by Gasteiger charge is -2.40. The number of Topliss-reactive ketones (excluding diaryl/α,β-unsaturated/α-hetero) is 1. The summed E-state index contributed by atoms with van der Waals surface area (Å²) < 4.78 is 5.90. The summed E-state index contributed by atoms with van der Waals surface area (Å²) in [5, 5.41) is 2.98. The molecule has 140 valence electrons. The van der Waals surface area contributed by atoms with Gasteiger partial charge in [0.05, 0.1) is 6.10 Å². The molecule has 2 fully saturated rings. The van der Waals surface area contributed by atoms with Crippen LogP contribution in [0.15, 0.2) is 18.2 Å². The van der Waals surface area contributed by atoms with Crippen molar-refractivity contribution in [2.75, 3.05) is 25.0 Å². The van der Waals surface area contributed by atoms with Gasteiger partial charge in [-0.05, 0) is 61.8 Å². The van der Waals surface area contributed by atoms with E-state index in [-0.39, 0.29) is 24.0 Å². The smallest absolute Gasteiger partial charge is 0.321 e. The van der Waals surface area contributed by atoms with Crippen molar-refractivity contribution >= 4 is 17.5 Å². The monoisotopic (exact) mass is 357 g/mol. The molecule has 2 amide bonds. The Hall–Kier alpha value is -1.92. The number of benzene rings is 1. The van der Waals surface area contributed by atoms with Crippen molar-refractivity contribution in [3.8, 4) is 0 Å². The second-order valence-electron chi connectivity index (χ2n) is 7.69.